The third-order valence-corrected chi connectivity index (χ3v) is 4.99. The maximum absolute atomic E-state index is 10.9. The number of thioether (sulfide) groups is 1. The number of rotatable bonds is 6. The van der Waals surface area contributed by atoms with Crippen molar-refractivity contribution < 1.29 is 9.90 Å². The van der Waals surface area contributed by atoms with Crippen molar-refractivity contribution in [3.8, 4) is 0 Å². The molecule has 0 fully saturated rings. The van der Waals surface area contributed by atoms with E-state index in [-0.39, 0.29) is 0 Å². The van der Waals surface area contributed by atoms with Gasteiger partial charge in [-0.2, -0.15) is 0 Å². The molecular formula is C11H18N2O2S2. The van der Waals surface area contributed by atoms with Gasteiger partial charge in [-0.3, -0.25) is 4.79 Å². The summed E-state index contributed by atoms with van der Waals surface area (Å²) < 4.78 is -0.498. The van der Waals surface area contributed by atoms with Gasteiger partial charge in [0.05, 0.1) is 10.7 Å². The van der Waals surface area contributed by atoms with Crippen molar-refractivity contribution >= 4 is 29.1 Å². The van der Waals surface area contributed by atoms with Gasteiger partial charge in [0.2, 0.25) is 0 Å². The van der Waals surface area contributed by atoms with E-state index >= 15 is 0 Å². The van der Waals surface area contributed by atoms with Crippen LogP contribution in [0.5, 0.6) is 0 Å². The predicted octanol–water partition coefficient (Wildman–Crippen LogP) is 2.13. The molecule has 1 aromatic heterocycles. The molecule has 0 aromatic carbocycles. The first-order valence-corrected chi connectivity index (χ1v) is 7.29. The summed E-state index contributed by atoms with van der Waals surface area (Å²) in [5, 5.41) is 12.0. The molecule has 0 unspecified atom stereocenters. The zero-order valence-corrected chi connectivity index (χ0v) is 11.9. The summed E-state index contributed by atoms with van der Waals surface area (Å²) in [4.78, 5) is 15.3. The van der Waals surface area contributed by atoms with E-state index in [0.29, 0.717) is 5.75 Å². The van der Waals surface area contributed by atoms with Crippen molar-refractivity contribution in [2.45, 2.75) is 43.7 Å². The summed E-state index contributed by atoms with van der Waals surface area (Å²) in [6.07, 6.45) is 0.938. The number of hydrogen-bond acceptors (Lipinski definition) is 5. The quantitative estimate of drug-likeness (QED) is 0.831. The number of hydrogen-bond donors (Lipinski definition) is 2. The Balaban J connectivity index is 2.57. The molecule has 0 aliphatic heterocycles. The fourth-order valence-corrected chi connectivity index (χ4v) is 3.02. The number of aliphatic carboxylic acids is 1. The highest BCUT2D eigenvalue weighted by atomic mass is 32.2. The Morgan fingerprint density at radius 2 is 2.35 bits per heavy atom. The molecule has 96 valence electrons. The molecule has 1 heterocycles. The van der Waals surface area contributed by atoms with Crippen LogP contribution in [0.2, 0.25) is 0 Å². The number of aromatic nitrogens is 1. The van der Waals surface area contributed by atoms with Crippen molar-refractivity contribution in [1.82, 2.24) is 4.98 Å². The lowest BCUT2D eigenvalue weighted by Gasteiger charge is -2.27. The molecule has 0 spiro atoms. The number of aryl methyl sites for hydroxylation is 1. The lowest BCUT2D eigenvalue weighted by atomic mass is 10.1. The van der Waals surface area contributed by atoms with Gasteiger partial charge in [0.1, 0.15) is 6.04 Å². The largest absolute Gasteiger partial charge is 0.480 e. The minimum Gasteiger partial charge on any atom is -0.480 e. The first-order chi connectivity index (χ1) is 7.86. The molecular weight excluding hydrogens is 256 g/mol. The van der Waals surface area contributed by atoms with E-state index in [4.69, 9.17) is 10.8 Å². The van der Waals surface area contributed by atoms with Gasteiger partial charge in [-0.25, -0.2) is 4.98 Å². The van der Waals surface area contributed by atoms with Crippen LogP contribution in [0.3, 0.4) is 0 Å². The van der Waals surface area contributed by atoms with E-state index in [9.17, 15) is 4.79 Å². The third kappa shape index (κ3) is 3.97. The maximum atomic E-state index is 10.9. The lowest BCUT2D eigenvalue weighted by molar-refractivity contribution is -0.139. The molecule has 3 N–H and O–H groups in total. The first-order valence-electron chi connectivity index (χ1n) is 5.42. The normalized spacial score (nSPS) is 13.6. The average molecular weight is 274 g/mol. The van der Waals surface area contributed by atoms with Gasteiger partial charge in [0.15, 0.2) is 0 Å². The Labute approximate surface area is 110 Å². The zero-order chi connectivity index (χ0) is 13.1. The van der Waals surface area contributed by atoms with Gasteiger partial charge in [0.25, 0.3) is 0 Å². The van der Waals surface area contributed by atoms with Gasteiger partial charge < -0.3 is 10.8 Å². The minimum absolute atomic E-state index is 0.498. The molecule has 1 aromatic rings. The minimum atomic E-state index is -0.963. The van der Waals surface area contributed by atoms with Crippen molar-refractivity contribution in [2.75, 3.05) is 0 Å². The highest BCUT2D eigenvalue weighted by Gasteiger charge is 2.32. The van der Waals surface area contributed by atoms with Crippen molar-refractivity contribution in [2.24, 2.45) is 5.73 Å². The number of carboxylic acid groups (broad SMARTS) is 1. The molecule has 6 heteroatoms. The van der Waals surface area contributed by atoms with E-state index in [1.54, 1.807) is 11.3 Å². The van der Waals surface area contributed by atoms with Crippen LogP contribution in [0.4, 0.5) is 0 Å². The highest BCUT2D eigenvalue weighted by Crippen LogP contribution is 2.30. The summed E-state index contributed by atoms with van der Waals surface area (Å²) in [6, 6.07) is -0.864. The summed E-state index contributed by atoms with van der Waals surface area (Å²) in [7, 11) is 0. The summed E-state index contributed by atoms with van der Waals surface area (Å²) >= 11 is 3.17. The van der Waals surface area contributed by atoms with Crippen LogP contribution in [0.1, 0.15) is 31.5 Å². The van der Waals surface area contributed by atoms with Gasteiger partial charge >= 0.3 is 5.97 Å². The van der Waals surface area contributed by atoms with E-state index in [1.165, 1.54) is 11.8 Å². The molecule has 0 saturated heterocycles. The molecule has 0 aliphatic rings. The first kappa shape index (κ1) is 14.5. The molecule has 0 amide bonds. The fraction of sp³-hybridized carbons (Fsp3) is 0.636. The molecule has 0 radical (unpaired) electrons. The number of carbonyl (C=O) groups is 1. The number of thiazole rings is 1. The topological polar surface area (TPSA) is 76.2 Å². The molecule has 0 aliphatic carbocycles. The van der Waals surface area contributed by atoms with Gasteiger partial charge in [-0.15, -0.1) is 23.1 Å². The third-order valence-electron chi connectivity index (χ3n) is 2.51. The van der Waals surface area contributed by atoms with Gasteiger partial charge in [-0.1, -0.05) is 6.92 Å². The van der Waals surface area contributed by atoms with E-state index in [0.717, 1.165) is 17.1 Å². The molecule has 1 atom stereocenters. The van der Waals surface area contributed by atoms with E-state index < -0.39 is 16.8 Å². The average Bonchev–Trinajstić information content (AvgIpc) is 2.73. The SMILES string of the molecule is CCc1nc(CSC(C)(C)[C@H](N)C(=O)O)cs1. The van der Waals surface area contributed by atoms with Crippen LogP contribution in [-0.4, -0.2) is 26.8 Å². The van der Waals surface area contributed by atoms with Crippen molar-refractivity contribution in [1.29, 1.82) is 0 Å². The summed E-state index contributed by atoms with van der Waals surface area (Å²) in [5.74, 6) is -0.264. The van der Waals surface area contributed by atoms with Crippen LogP contribution >= 0.6 is 23.1 Å². The highest BCUT2D eigenvalue weighted by molar-refractivity contribution is 7.99. The molecule has 0 saturated carbocycles. The Bertz CT molecular complexity index is 391. The summed E-state index contributed by atoms with van der Waals surface area (Å²) in [6.45, 7) is 5.77. The Kier molecular flexibility index (Phi) is 4.97. The monoisotopic (exact) mass is 274 g/mol. The molecule has 1 rings (SSSR count). The standard InChI is InChI=1S/C11H18N2O2S2/c1-4-8-13-7(5-16-8)6-17-11(2,3)9(12)10(14)15/h5,9H,4,6,12H2,1-3H3,(H,14,15)/t9-/m1/s1. The molecule has 0 bridgehead atoms. The Morgan fingerprint density at radius 3 is 2.82 bits per heavy atom. The van der Waals surface area contributed by atoms with Crippen LogP contribution in [0.15, 0.2) is 5.38 Å². The lowest BCUT2D eigenvalue weighted by Crippen LogP contribution is -2.46. The molecule has 17 heavy (non-hydrogen) atoms. The van der Waals surface area contributed by atoms with Gasteiger partial charge in [-0.05, 0) is 20.3 Å². The Morgan fingerprint density at radius 1 is 1.71 bits per heavy atom. The van der Waals surface area contributed by atoms with Gasteiger partial charge in [0, 0.05) is 15.9 Å². The number of carboxylic acids is 1. The second-order valence-corrected chi connectivity index (χ2v) is 6.87. The Hall–Kier alpha value is -0.590. The predicted molar refractivity (Wildman–Crippen MR) is 72.5 cm³/mol. The van der Waals surface area contributed by atoms with Crippen LogP contribution in [0, 0.1) is 0 Å². The second-order valence-electron chi connectivity index (χ2n) is 4.29. The smallest absolute Gasteiger partial charge is 0.321 e. The maximum Gasteiger partial charge on any atom is 0.321 e. The van der Waals surface area contributed by atoms with Crippen molar-refractivity contribution in [3.05, 3.63) is 16.1 Å². The fourth-order valence-electron chi connectivity index (χ4n) is 1.22. The zero-order valence-electron chi connectivity index (χ0n) is 10.3. The summed E-state index contributed by atoms with van der Waals surface area (Å²) in [5.41, 5.74) is 6.65. The second kappa shape index (κ2) is 5.84. The number of nitrogens with zero attached hydrogens (tertiary/aromatic N) is 1. The van der Waals surface area contributed by atoms with Crippen molar-refractivity contribution in [3.63, 3.8) is 0 Å². The molecule has 4 nitrogen and oxygen atoms in total. The van der Waals surface area contributed by atoms with E-state index in [2.05, 4.69) is 11.9 Å². The number of nitrogens with two attached hydrogens (primary N) is 1. The van der Waals surface area contributed by atoms with Crippen LogP contribution < -0.4 is 5.73 Å². The van der Waals surface area contributed by atoms with Crippen LogP contribution in [0.25, 0.3) is 0 Å². The van der Waals surface area contributed by atoms with Crippen LogP contribution in [-0.2, 0) is 17.0 Å². The van der Waals surface area contributed by atoms with E-state index in [1.807, 2.05) is 19.2 Å².